The van der Waals surface area contributed by atoms with E-state index < -0.39 is 10.8 Å². The molecule has 0 aliphatic heterocycles. The summed E-state index contributed by atoms with van der Waals surface area (Å²) in [6.07, 6.45) is 6.81. The van der Waals surface area contributed by atoms with Gasteiger partial charge in [-0.25, -0.2) is 0 Å². The van der Waals surface area contributed by atoms with Crippen molar-refractivity contribution in [3.63, 3.8) is 0 Å². The molecule has 7 nitrogen and oxygen atoms in total. The Balaban J connectivity index is 2.75. The molecule has 1 aromatic rings. The van der Waals surface area contributed by atoms with Crippen molar-refractivity contribution >= 4 is 23.6 Å². The first-order valence-electron chi connectivity index (χ1n) is 8.46. The lowest BCUT2D eigenvalue weighted by Crippen LogP contribution is -2.34. The third-order valence-corrected chi connectivity index (χ3v) is 3.51. The molecule has 0 spiro atoms. The number of benzene rings is 1. The van der Waals surface area contributed by atoms with Crippen molar-refractivity contribution in [2.75, 3.05) is 6.54 Å². The molecule has 2 amide bonds. The van der Waals surface area contributed by atoms with E-state index in [1.165, 1.54) is 37.6 Å². The second-order valence-corrected chi connectivity index (χ2v) is 5.76. The van der Waals surface area contributed by atoms with Crippen molar-refractivity contribution in [2.24, 2.45) is 0 Å². The summed E-state index contributed by atoms with van der Waals surface area (Å²) in [6.45, 7) is 3.97. The zero-order valence-electron chi connectivity index (χ0n) is 14.7. The van der Waals surface area contributed by atoms with E-state index in [0.29, 0.717) is 12.1 Å². The molecule has 0 bridgehead atoms. The van der Waals surface area contributed by atoms with Gasteiger partial charge in [-0.05, 0) is 18.1 Å². The molecule has 1 aromatic carbocycles. The fourth-order valence-corrected chi connectivity index (χ4v) is 2.27. The number of hydrogen-bond donors (Lipinski definition) is 2. The second-order valence-electron chi connectivity index (χ2n) is 5.76. The third-order valence-electron chi connectivity index (χ3n) is 3.51. The molecule has 0 atom stereocenters. The predicted octanol–water partition coefficient (Wildman–Crippen LogP) is 3.16. The van der Waals surface area contributed by atoms with Gasteiger partial charge in [0.1, 0.15) is 5.70 Å². The van der Waals surface area contributed by atoms with Crippen LogP contribution in [0.5, 0.6) is 0 Å². The molecule has 0 saturated carbocycles. The van der Waals surface area contributed by atoms with Crippen LogP contribution in [0.3, 0.4) is 0 Å². The summed E-state index contributed by atoms with van der Waals surface area (Å²) < 4.78 is 0. The molecule has 0 aliphatic rings. The second kappa shape index (κ2) is 11.0. The third kappa shape index (κ3) is 8.10. The monoisotopic (exact) mass is 347 g/mol. The Morgan fingerprint density at radius 2 is 1.92 bits per heavy atom. The number of nitrogens with zero attached hydrogens (tertiary/aromatic N) is 1. The minimum Gasteiger partial charge on any atom is -0.351 e. The van der Waals surface area contributed by atoms with E-state index in [-0.39, 0.29) is 17.3 Å². The lowest BCUT2D eigenvalue weighted by atomic mass is 10.1. The maximum atomic E-state index is 12.3. The number of rotatable bonds is 10. The van der Waals surface area contributed by atoms with Crippen molar-refractivity contribution in [2.45, 2.75) is 46.0 Å². The Labute approximate surface area is 147 Å². The van der Waals surface area contributed by atoms with Gasteiger partial charge in [0.05, 0.1) is 4.92 Å². The van der Waals surface area contributed by atoms with Crippen LogP contribution in [0.15, 0.2) is 30.0 Å². The van der Waals surface area contributed by atoms with Crippen LogP contribution >= 0.6 is 0 Å². The van der Waals surface area contributed by atoms with E-state index >= 15 is 0 Å². The smallest absolute Gasteiger partial charge is 0.270 e. The highest BCUT2D eigenvalue weighted by Crippen LogP contribution is 2.15. The highest BCUT2D eigenvalue weighted by atomic mass is 16.6. The predicted molar refractivity (Wildman–Crippen MR) is 96.7 cm³/mol. The van der Waals surface area contributed by atoms with Crippen LogP contribution in [0.25, 0.3) is 6.08 Å². The van der Waals surface area contributed by atoms with Crippen LogP contribution < -0.4 is 10.6 Å². The number of nitro groups is 1. The van der Waals surface area contributed by atoms with Gasteiger partial charge in [-0.2, -0.15) is 0 Å². The van der Waals surface area contributed by atoms with Gasteiger partial charge >= 0.3 is 0 Å². The van der Waals surface area contributed by atoms with Gasteiger partial charge in [0.2, 0.25) is 5.91 Å². The summed E-state index contributed by atoms with van der Waals surface area (Å²) in [6, 6.07) is 5.87. The molecule has 25 heavy (non-hydrogen) atoms. The first-order valence-corrected chi connectivity index (χ1v) is 8.46. The fourth-order valence-electron chi connectivity index (χ4n) is 2.27. The highest BCUT2D eigenvalue weighted by molar-refractivity contribution is 6.00. The summed E-state index contributed by atoms with van der Waals surface area (Å²) in [7, 11) is 0. The lowest BCUT2D eigenvalue weighted by Gasteiger charge is -2.10. The molecule has 0 aliphatic carbocycles. The van der Waals surface area contributed by atoms with Crippen LogP contribution in [-0.4, -0.2) is 23.3 Å². The van der Waals surface area contributed by atoms with Gasteiger partial charge in [0.25, 0.3) is 11.6 Å². The van der Waals surface area contributed by atoms with Gasteiger partial charge < -0.3 is 10.6 Å². The Kier molecular flexibility index (Phi) is 8.92. The van der Waals surface area contributed by atoms with Crippen molar-refractivity contribution < 1.29 is 14.5 Å². The number of nitro benzene ring substituents is 1. The summed E-state index contributed by atoms with van der Waals surface area (Å²) in [4.78, 5) is 33.9. The number of hydrogen-bond acceptors (Lipinski definition) is 4. The molecule has 0 radical (unpaired) electrons. The van der Waals surface area contributed by atoms with Crippen LogP contribution in [0.2, 0.25) is 0 Å². The van der Waals surface area contributed by atoms with Crippen LogP contribution in [0.4, 0.5) is 5.69 Å². The van der Waals surface area contributed by atoms with Crippen molar-refractivity contribution in [1.29, 1.82) is 0 Å². The van der Waals surface area contributed by atoms with E-state index in [1.807, 2.05) is 0 Å². The van der Waals surface area contributed by atoms with Crippen LogP contribution in [0.1, 0.15) is 51.5 Å². The first kappa shape index (κ1) is 20.3. The zero-order chi connectivity index (χ0) is 18.7. The Morgan fingerprint density at radius 1 is 1.20 bits per heavy atom. The van der Waals surface area contributed by atoms with E-state index in [1.54, 1.807) is 6.07 Å². The number of non-ortho nitro benzene ring substituents is 1. The minimum atomic E-state index is -0.508. The standard InChI is InChI=1S/C18H25N3O4/c1-3-4-5-6-7-11-19-18(23)17(20-14(2)22)13-15-9-8-10-16(12-15)21(24)25/h8-10,12-13H,3-7,11H2,1-2H3,(H,19,23)(H,20,22)/b17-13-. The Hall–Kier alpha value is -2.70. The van der Waals surface area contributed by atoms with E-state index in [0.717, 1.165) is 25.7 Å². The van der Waals surface area contributed by atoms with Gasteiger partial charge in [-0.15, -0.1) is 0 Å². The maximum absolute atomic E-state index is 12.3. The summed E-state index contributed by atoms with van der Waals surface area (Å²) in [5, 5.41) is 16.1. The van der Waals surface area contributed by atoms with E-state index in [2.05, 4.69) is 17.6 Å². The lowest BCUT2D eigenvalue weighted by molar-refractivity contribution is -0.384. The molecule has 0 aromatic heterocycles. The molecule has 0 fully saturated rings. The number of carbonyl (C=O) groups excluding carboxylic acids is 2. The van der Waals surface area contributed by atoms with Gasteiger partial charge in [0.15, 0.2) is 0 Å². The number of nitrogens with one attached hydrogen (secondary N) is 2. The molecule has 0 saturated heterocycles. The Morgan fingerprint density at radius 3 is 2.56 bits per heavy atom. The SMILES string of the molecule is CCCCCCCNC(=O)/C(=C/c1cccc([N+](=O)[O-])c1)NC(C)=O. The topological polar surface area (TPSA) is 101 Å². The molecule has 136 valence electrons. The molecule has 0 heterocycles. The molecule has 1 rings (SSSR count). The quantitative estimate of drug-likeness (QED) is 0.294. The zero-order valence-corrected chi connectivity index (χ0v) is 14.7. The normalized spacial score (nSPS) is 11.0. The number of amides is 2. The average Bonchev–Trinajstić information content (AvgIpc) is 2.57. The number of unbranched alkanes of at least 4 members (excludes halogenated alkanes) is 4. The molecule has 2 N–H and O–H groups in total. The Bertz CT molecular complexity index is 641. The average molecular weight is 347 g/mol. The first-order chi connectivity index (χ1) is 11.9. The molecule has 7 heteroatoms. The maximum Gasteiger partial charge on any atom is 0.270 e. The summed E-state index contributed by atoms with van der Waals surface area (Å²) in [5.74, 6) is -0.785. The largest absolute Gasteiger partial charge is 0.351 e. The number of carbonyl (C=O) groups is 2. The summed E-state index contributed by atoms with van der Waals surface area (Å²) in [5.41, 5.74) is 0.463. The fraction of sp³-hybridized carbons (Fsp3) is 0.444. The van der Waals surface area contributed by atoms with Crippen LogP contribution in [-0.2, 0) is 9.59 Å². The van der Waals surface area contributed by atoms with Crippen molar-refractivity contribution in [3.05, 3.63) is 45.6 Å². The minimum absolute atomic E-state index is 0.0709. The van der Waals surface area contributed by atoms with Crippen LogP contribution in [0, 0.1) is 10.1 Å². The van der Waals surface area contributed by atoms with Crippen molar-refractivity contribution in [1.82, 2.24) is 10.6 Å². The van der Waals surface area contributed by atoms with Gasteiger partial charge in [0, 0.05) is 25.6 Å². The van der Waals surface area contributed by atoms with Crippen molar-refractivity contribution in [3.8, 4) is 0 Å². The van der Waals surface area contributed by atoms with E-state index in [4.69, 9.17) is 0 Å². The van der Waals surface area contributed by atoms with Gasteiger partial charge in [-0.3, -0.25) is 19.7 Å². The highest BCUT2D eigenvalue weighted by Gasteiger charge is 2.12. The molecular formula is C18H25N3O4. The van der Waals surface area contributed by atoms with Gasteiger partial charge in [-0.1, -0.05) is 44.7 Å². The van der Waals surface area contributed by atoms with E-state index in [9.17, 15) is 19.7 Å². The summed E-state index contributed by atoms with van der Waals surface area (Å²) >= 11 is 0. The molecule has 0 unspecified atom stereocenters. The molecular weight excluding hydrogens is 322 g/mol.